The maximum Gasteiger partial charge on any atom is 0.221 e. The minimum Gasteiger partial charge on any atom is -0.352 e. The number of rotatable bonds is 3. The molecule has 2 aliphatic heterocycles. The molecule has 0 unspecified atom stereocenters. The highest BCUT2D eigenvalue weighted by atomic mass is 32.2. The number of carbonyl (C=O) groups is 1. The van der Waals surface area contributed by atoms with Crippen molar-refractivity contribution in [2.24, 2.45) is 0 Å². The highest BCUT2D eigenvalue weighted by molar-refractivity contribution is 7.88. The molecule has 3 rings (SSSR count). The summed E-state index contributed by atoms with van der Waals surface area (Å²) in [6.45, 7) is 0.505. The third kappa shape index (κ3) is 2.37. The van der Waals surface area contributed by atoms with Crippen molar-refractivity contribution in [1.82, 2.24) is 9.62 Å². The van der Waals surface area contributed by atoms with Gasteiger partial charge in [-0.25, -0.2) is 8.42 Å². The lowest BCUT2D eigenvalue weighted by molar-refractivity contribution is -0.119. The molecule has 1 aromatic carbocycles. The molecule has 0 radical (unpaired) electrons. The summed E-state index contributed by atoms with van der Waals surface area (Å²) >= 11 is 0. The zero-order valence-electron chi connectivity index (χ0n) is 10.5. The molecule has 2 heterocycles. The van der Waals surface area contributed by atoms with Crippen molar-refractivity contribution in [2.75, 3.05) is 6.54 Å². The Labute approximate surface area is 112 Å². The van der Waals surface area contributed by atoms with E-state index in [1.807, 2.05) is 30.3 Å². The van der Waals surface area contributed by atoms with E-state index in [4.69, 9.17) is 0 Å². The molecular formula is C13H16N2O3S. The normalized spacial score (nSPS) is 27.3. The maximum absolute atomic E-state index is 12.4. The van der Waals surface area contributed by atoms with Crippen LogP contribution in [0, 0.1) is 0 Å². The molecule has 102 valence electrons. The summed E-state index contributed by atoms with van der Waals surface area (Å²) in [5.74, 6) is -0.0414. The predicted molar refractivity (Wildman–Crippen MR) is 70.7 cm³/mol. The molecule has 0 aliphatic carbocycles. The Morgan fingerprint density at radius 1 is 1.26 bits per heavy atom. The standard InChI is InChI=1S/C13H16N2O3S/c16-13-8-12-11(14-13)6-7-15(12)19(17,18)9-10-4-2-1-3-5-10/h1-5,11-12H,6-9H2,(H,14,16)/t11-,12+/m1/s1. The van der Waals surface area contributed by atoms with E-state index in [1.165, 1.54) is 4.31 Å². The first-order valence-electron chi connectivity index (χ1n) is 6.39. The maximum atomic E-state index is 12.4. The average Bonchev–Trinajstić information content (AvgIpc) is 2.88. The molecule has 2 aliphatic rings. The van der Waals surface area contributed by atoms with Crippen molar-refractivity contribution < 1.29 is 13.2 Å². The molecule has 0 bridgehead atoms. The minimum absolute atomic E-state index is 0.00181. The molecule has 6 heteroatoms. The molecule has 2 fully saturated rings. The Morgan fingerprint density at radius 2 is 2.00 bits per heavy atom. The van der Waals surface area contributed by atoms with Gasteiger partial charge in [-0.1, -0.05) is 30.3 Å². The molecule has 2 saturated heterocycles. The van der Waals surface area contributed by atoms with Gasteiger partial charge < -0.3 is 5.32 Å². The summed E-state index contributed by atoms with van der Waals surface area (Å²) in [6.07, 6.45) is 1.00. The number of nitrogens with one attached hydrogen (secondary N) is 1. The third-order valence-electron chi connectivity index (χ3n) is 3.78. The van der Waals surface area contributed by atoms with Crippen LogP contribution in [-0.4, -0.2) is 37.3 Å². The SMILES string of the molecule is O=C1C[C@H]2[C@@H](CCN2S(=O)(=O)Cc2ccccc2)N1. The molecule has 0 aromatic heterocycles. The van der Waals surface area contributed by atoms with Gasteiger partial charge in [0.25, 0.3) is 0 Å². The Hall–Kier alpha value is -1.40. The van der Waals surface area contributed by atoms with E-state index >= 15 is 0 Å². The first kappa shape index (κ1) is 12.6. The molecule has 1 aromatic rings. The molecule has 5 nitrogen and oxygen atoms in total. The first-order valence-corrected chi connectivity index (χ1v) is 8.00. The van der Waals surface area contributed by atoms with E-state index in [2.05, 4.69) is 5.32 Å². The van der Waals surface area contributed by atoms with Crippen LogP contribution < -0.4 is 5.32 Å². The molecule has 1 N–H and O–H groups in total. The first-order chi connectivity index (χ1) is 9.06. The van der Waals surface area contributed by atoms with Gasteiger partial charge >= 0.3 is 0 Å². The number of hydrogen-bond acceptors (Lipinski definition) is 3. The lowest BCUT2D eigenvalue weighted by Crippen LogP contribution is -2.39. The van der Waals surface area contributed by atoms with Gasteiger partial charge in [-0.2, -0.15) is 4.31 Å². The fourth-order valence-electron chi connectivity index (χ4n) is 2.91. The van der Waals surface area contributed by atoms with Crippen LogP contribution in [0.4, 0.5) is 0 Å². The van der Waals surface area contributed by atoms with Crippen LogP contribution in [0.3, 0.4) is 0 Å². The van der Waals surface area contributed by atoms with Gasteiger partial charge in [0.15, 0.2) is 0 Å². The lowest BCUT2D eigenvalue weighted by Gasteiger charge is -2.22. The Morgan fingerprint density at radius 3 is 2.74 bits per heavy atom. The summed E-state index contributed by atoms with van der Waals surface area (Å²) in [5.41, 5.74) is 0.781. The van der Waals surface area contributed by atoms with Crippen LogP contribution in [0.5, 0.6) is 0 Å². The second kappa shape index (κ2) is 4.61. The van der Waals surface area contributed by atoms with Gasteiger partial charge in [0.1, 0.15) is 0 Å². The third-order valence-corrected chi connectivity index (χ3v) is 5.65. The number of sulfonamides is 1. The molecule has 0 spiro atoms. The van der Waals surface area contributed by atoms with Crippen LogP contribution in [0.25, 0.3) is 0 Å². The van der Waals surface area contributed by atoms with Crippen LogP contribution in [-0.2, 0) is 20.6 Å². The lowest BCUT2D eigenvalue weighted by atomic mass is 10.1. The summed E-state index contributed by atoms with van der Waals surface area (Å²) in [4.78, 5) is 11.4. The topological polar surface area (TPSA) is 66.5 Å². The van der Waals surface area contributed by atoms with Crippen molar-refractivity contribution in [3.8, 4) is 0 Å². The zero-order valence-corrected chi connectivity index (χ0v) is 11.3. The van der Waals surface area contributed by atoms with E-state index in [0.717, 1.165) is 5.56 Å². The number of carbonyl (C=O) groups excluding carboxylic acids is 1. The minimum atomic E-state index is -3.35. The van der Waals surface area contributed by atoms with Gasteiger partial charge in [-0.3, -0.25) is 4.79 Å². The van der Waals surface area contributed by atoms with Crippen LogP contribution in [0.15, 0.2) is 30.3 Å². The average molecular weight is 280 g/mol. The fourth-order valence-corrected chi connectivity index (χ4v) is 4.70. The van der Waals surface area contributed by atoms with E-state index in [-0.39, 0.29) is 23.7 Å². The van der Waals surface area contributed by atoms with Crippen LogP contribution in [0.1, 0.15) is 18.4 Å². The van der Waals surface area contributed by atoms with Gasteiger partial charge in [0, 0.05) is 19.0 Å². The fraction of sp³-hybridized carbons (Fsp3) is 0.462. The molecular weight excluding hydrogens is 264 g/mol. The van der Waals surface area contributed by atoms with Crippen molar-refractivity contribution in [2.45, 2.75) is 30.7 Å². The summed E-state index contributed by atoms with van der Waals surface area (Å²) in [7, 11) is -3.35. The summed E-state index contributed by atoms with van der Waals surface area (Å²) in [5, 5.41) is 2.84. The summed E-state index contributed by atoms with van der Waals surface area (Å²) in [6, 6.07) is 8.95. The Bertz CT molecular complexity index is 585. The molecule has 0 saturated carbocycles. The van der Waals surface area contributed by atoms with Crippen molar-refractivity contribution in [1.29, 1.82) is 0 Å². The Balaban J connectivity index is 1.80. The molecule has 19 heavy (non-hydrogen) atoms. The van der Waals surface area contributed by atoms with E-state index in [9.17, 15) is 13.2 Å². The number of amides is 1. The highest BCUT2D eigenvalue weighted by Crippen LogP contribution is 2.29. The molecule has 1 amide bonds. The molecule has 2 atom stereocenters. The second-order valence-corrected chi connectivity index (χ2v) is 7.01. The predicted octanol–water partition coefficient (Wildman–Crippen LogP) is 0.479. The van der Waals surface area contributed by atoms with Crippen molar-refractivity contribution >= 4 is 15.9 Å². The second-order valence-electron chi connectivity index (χ2n) is 5.09. The van der Waals surface area contributed by atoms with Crippen LogP contribution >= 0.6 is 0 Å². The van der Waals surface area contributed by atoms with E-state index in [1.54, 1.807) is 0 Å². The quantitative estimate of drug-likeness (QED) is 0.875. The Kier molecular flexibility index (Phi) is 3.06. The summed E-state index contributed by atoms with van der Waals surface area (Å²) < 4.78 is 26.4. The van der Waals surface area contributed by atoms with Crippen molar-refractivity contribution in [3.05, 3.63) is 35.9 Å². The van der Waals surface area contributed by atoms with Gasteiger partial charge in [-0.05, 0) is 12.0 Å². The van der Waals surface area contributed by atoms with Gasteiger partial charge in [0.05, 0.1) is 11.8 Å². The monoisotopic (exact) mass is 280 g/mol. The zero-order chi connectivity index (χ0) is 13.5. The van der Waals surface area contributed by atoms with Crippen molar-refractivity contribution in [3.63, 3.8) is 0 Å². The van der Waals surface area contributed by atoms with Crippen LogP contribution in [0.2, 0.25) is 0 Å². The number of nitrogens with zero attached hydrogens (tertiary/aromatic N) is 1. The number of benzene rings is 1. The van der Waals surface area contributed by atoms with E-state index in [0.29, 0.717) is 19.4 Å². The highest BCUT2D eigenvalue weighted by Gasteiger charge is 2.46. The van der Waals surface area contributed by atoms with Gasteiger partial charge in [0.2, 0.25) is 15.9 Å². The van der Waals surface area contributed by atoms with Gasteiger partial charge in [-0.15, -0.1) is 0 Å². The number of hydrogen-bond donors (Lipinski definition) is 1. The van der Waals surface area contributed by atoms with E-state index < -0.39 is 10.0 Å². The number of fused-ring (bicyclic) bond motifs is 1. The smallest absolute Gasteiger partial charge is 0.221 e. The largest absolute Gasteiger partial charge is 0.352 e.